The van der Waals surface area contributed by atoms with Crippen molar-refractivity contribution in [3.8, 4) is 0 Å². The molecule has 21 heteroatoms. The number of rotatable bonds is 9. The van der Waals surface area contributed by atoms with Crippen LogP contribution < -0.4 is 5.32 Å². The molecular formula is C12H6F17NO3. The molecule has 4 nitrogen and oxygen atoms in total. The smallest absolute Gasteiger partial charge is 0.346 e. The Labute approximate surface area is 169 Å². The number of hydrogen-bond donors (Lipinski definition) is 1. The van der Waals surface area contributed by atoms with Crippen molar-refractivity contribution in [1.29, 1.82) is 0 Å². The first-order valence-electron chi connectivity index (χ1n) is 7.14. The average molecular weight is 535 g/mol. The van der Waals surface area contributed by atoms with Crippen LogP contribution in [-0.2, 0) is 14.3 Å². The summed E-state index contributed by atoms with van der Waals surface area (Å²) >= 11 is 0. The van der Waals surface area contributed by atoms with Crippen LogP contribution in [0.3, 0.4) is 0 Å². The maximum atomic E-state index is 13.9. The third-order valence-electron chi connectivity index (χ3n) is 3.12. The molecule has 0 aromatic carbocycles. The zero-order chi connectivity index (χ0) is 27.1. The lowest BCUT2D eigenvalue weighted by molar-refractivity contribution is -0.551. The van der Waals surface area contributed by atoms with Crippen LogP contribution in [0.5, 0.6) is 0 Å². The Morgan fingerprint density at radius 3 is 1.39 bits per heavy atom. The van der Waals surface area contributed by atoms with Gasteiger partial charge in [-0.3, -0.25) is 14.3 Å². The van der Waals surface area contributed by atoms with Crippen LogP contribution in [0.4, 0.5) is 74.6 Å². The number of carbonyl (C=O) groups excluding carboxylic acids is 1. The Morgan fingerprint density at radius 1 is 0.667 bits per heavy atom. The van der Waals surface area contributed by atoms with Gasteiger partial charge in [0.05, 0.1) is 6.54 Å². The van der Waals surface area contributed by atoms with Gasteiger partial charge in [0, 0.05) is 0 Å². The average Bonchev–Trinajstić information content (AvgIpc) is 2.55. The summed E-state index contributed by atoms with van der Waals surface area (Å²) in [5, 5.41) is 0.713. The number of hydrogen-bond acceptors (Lipinski definition) is 3. The van der Waals surface area contributed by atoms with Crippen LogP contribution in [0.25, 0.3) is 0 Å². The second kappa shape index (κ2) is 8.62. The van der Waals surface area contributed by atoms with Crippen LogP contribution in [0, 0.1) is 0 Å². The second-order valence-corrected chi connectivity index (χ2v) is 5.55. The van der Waals surface area contributed by atoms with E-state index in [1.165, 1.54) is 4.74 Å². The number of ether oxygens (including phenoxy) is 2. The summed E-state index contributed by atoms with van der Waals surface area (Å²) in [5.74, 6) is -23.9. The lowest BCUT2D eigenvalue weighted by atomic mass is 10.2. The van der Waals surface area contributed by atoms with E-state index in [1.807, 2.05) is 4.74 Å². The lowest BCUT2D eigenvalue weighted by Gasteiger charge is -2.40. The van der Waals surface area contributed by atoms with Crippen molar-refractivity contribution in [2.24, 2.45) is 0 Å². The molecule has 0 rings (SSSR count). The number of nitrogens with one attached hydrogen (secondary N) is 1. The molecule has 0 aliphatic carbocycles. The molecule has 0 aromatic heterocycles. The lowest BCUT2D eigenvalue weighted by Crippen LogP contribution is -2.68. The van der Waals surface area contributed by atoms with E-state index < -0.39 is 60.8 Å². The highest BCUT2D eigenvalue weighted by Gasteiger charge is 2.85. The molecular weight excluding hydrogens is 529 g/mol. The van der Waals surface area contributed by atoms with Crippen molar-refractivity contribution in [1.82, 2.24) is 5.32 Å². The minimum Gasteiger partial charge on any atom is -0.346 e. The van der Waals surface area contributed by atoms with Crippen LogP contribution in [0.2, 0.25) is 0 Å². The highest BCUT2D eigenvalue weighted by molar-refractivity contribution is 5.86. The zero-order valence-corrected chi connectivity index (χ0v) is 14.6. The van der Waals surface area contributed by atoms with E-state index in [-0.39, 0.29) is 6.08 Å². The van der Waals surface area contributed by atoms with Gasteiger partial charge >= 0.3 is 48.4 Å². The van der Waals surface area contributed by atoms with E-state index in [4.69, 9.17) is 0 Å². The van der Waals surface area contributed by atoms with Gasteiger partial charge in [-0.25, -0.2) is 0 Å². The molecule has 0 aliphatic heterocycles. The highest BCUT2D eigenvalue weighted by atomic mass is 19.4. The standard InChI is InChI=1S/C12H6F17NO3/c1-2-4(31)30-3-5(13,8(17,18)19)32-12(28,29)7(16,10(23,24)25)33-11(26,27)6(14,15)9(20,21)22/h2H,1,3H2,(H,30,31). The fraction of sp³-hybridized carbons (Fsp3) is 0.750. The topological polar surface area (TPSA) is 47.6 Å². The summed E-state index contributed by atoms with van der Waals surface area (Å²) in [4.78, 5) is 10.7. The molecule has 0 saturated heterocycles. The summed E-state index contributed by atoms with van der Waals surface area (Å²) < 4.78 is 221. The Balaban J connectivity index is 6.57. The molecule has 2 atom stereocenters. The molecule has 1 amide bonds. The maximum Gasteiger partial charge on any atom is 0.462 e. The third-order valence-corrected chi connectivity index (χ3v) is 3.12. The summed E-state index contributed by atoms with van der Waals surface area (Å²) in [6.07, 6.45) is -38.0. The second-order valence-electron chi connectivity index (χ2n) is 5.55. The number of amides is 1. The molecule has 0 radical (unpaired) electrons. The normalized spacial score (nSPS) is 18.3. The van der Waals surface area contributed by atoms with Gasteiger partial charge in [0.15, 0.2) is 0 Å². The van der Waals surface area contributed by atoms with Gasteiger partial charge in [-0.1, -0.05) is 6.58 Å². The van der Waals surface area contributed by atoms with Crippen molar-refractivity contribution >= 4 is 5.91 Å². The van der Waals surface area contributed by atoms with Crippen LogP contribution >= 0.6 is 0 Å². The fourth-order valence-electron chi connectivity index (χ4n) is 1.42. The minimum absolute atomic E-state index is 0.0347. The van der Waals surface area contributed by atoms with E-state index in [2.05, 4.69) is 6.58 Å². The molecule has 0 aliphatic rings. The minimum atomic E-state index is -7.96. The van der Waals surface area contributed by atoms with Crippen molar-refractivity contribution in [3.05, 3.63) is 12.7 Å². The van der Waals surface area contributed by atoms with Crippen LogP contribution in [-0.4, -0.2) is 60.8 Å². The molecule has 196 valence electrons. The quantitative estimate of drug-likeness (QED) is 0.328. The van der Waals surface area contributed by atoms with E-state index in [9.17, 15) is 79.4 Å². The number of alkyl halides is 17. The molecule has 0 saturated carbocycles. The monoisotopic (exact) mass is 535 g/mol. The van der Waals surface area contributed by atoms with E-state index in [1.54, 1.807) is 0 Å². The van der Waals surface area contributed by atoms with Gasteiger partial charge in [0.1, 0.15) is 0 Å². The Hall–Kier alpha value is -2.06. The third kappa shape index (κ3) is 5.90. The Morgan fingerprint density at radius 2 is 1.09 bits per heavy atom. The van der Waals surface area contributed by atoms with Gasteiger partial charge in [-0.2, -0.15) is 74.6 Å². The Bertz CT molecular complexity index is 726. The number of carbonyl (C=O) groups is 1. The van der Waals surface area contributed by atoms with E-state index in [0.717, 1.165) is 0 Å². The van der Waals surface area contributed by atoms with Gasteiger partial charge in [0.25, 0.3) is 0 Å². The van der Waals surface area contributed by atoms with Crippen molar-refractivity contribution in [2.45, 2.75) is 48.4 Å². The molecule has 0 bridgehead atoms. The van der Waals surface area contributed by atoms with Gasteiger partial charge in [0.2, 0.25) is 5.91 Å². The van der Waals surface area contributed by atoms with Crippen LogP contribution in [0.15, 0.2) is 12.7 Å². The maximum absolute atomic E-state index is 13.9. The first kappa shape index (κ1) is 30.9. The molecule has 0 aromatic rings. The SMILES string of the molecule is C=CC(=O)NCC(F)(OC(F)(F)C(F)(OC(F)(F)C(F)(F)C(F)(F)F)C(F)(F)F)C(F)(F)F. The first-order chi connectivity index (χ1) is 14.1. The fourth-order valence-corrected chi connectivity index (χ4v) is 1.42. The van der Waals surface area contributed by atoms with E-state index in [0.29, 0.717) is 5.32 Å². The van der Waals surface area contributed by atoms with Gasteiger partial charge in [-0.05, 0) is 6.08 Å². The molecule has 1 N–H and O–H groups in total. The van der Waals surface area contributed by atoms with Crippen molar-refractivity contribution in [3.63, 3.8) is 0 Å². The predicted molar refractivity (Wildman–Crippen MR) is 66.1 cm³/mol. The molecule has 2 unspecified atom stereocenters. The molecule has 0 heterocycles. The highest BCUT2D eigenvalue weighted by Crippen LogP contribution is 2.56. The zero-order valence-electron chi connectivity index (χ0n) is 14.6. The summed E-state index contributed by atoms with van der Waals surface area (Å²) in [7, 11) is 0. The number of halogens is 17. The Kier molecular flexibility index (Phi) is 8.08. The molecule has 0 spiro atoms. The van der Waals surface area contributed by atoms with Gasteiger partial charge in [-0.15, -0.1) is 0 Å². The van der Waals surface area contributed by atoms with Crippen LogP contribution in [0.1, 0.15) is 0 Å². The van der Waals surface area contributed by atoms with Gasteiger partial charge < -0.3 is 5.32 Å². The summed E-state index contributed by atoms with van der Waals surface area (Å²) in [6.45, 7) is -0.372. The predicted octanol–water partition coefficient (Wildman–Crippen LogP) is 5.16. The van der Waals surface area contributed by atoms with Crippen molar-refractivity contribution in [2.75, 3.05) is 6.54 Å². The summed E-state index contributed by atoms with van der Waals surface area (Å²) in [5.41, 5.74) is 0. The van der Waals surface area contributed by atoms with E-state index >= 15 is 0 Å². The molecule has 0 fully saturated rings. The summed E-state index contributed by atoms with van der Waals surface area (Å²) in [6, 6.07) is 0. The van der Waals surface area contributed by atoms with Crippen molar-refractivity contribution < 1.29 is 88.9 Å². The molecule has 33 heavy (non-hydrogen) atoms. The largest absolute Gasteiger partial charge is 0.462 e. The first-order valence-corrected chi connectivity index (χ1v) is 7.14.